The summed E-state index contributed by atoms with van der Waals surface area (Å²) >= 11 is 0. The van der Waals surface area contributed by atoms with Crippen molar-refractivity contribution in [1.29, 1.82) is 0 Å². The minimum Gasteiger partial charge on any atom is -0.360 e. The highest BCUT2D eigenvalue weighted by Crippen LogP contribution is 1.87. The maximum Gasteiger partial charge on any atom is 0.332 e. The van der Waals surface area contributed by atoms with E-state index >= 15 is 0 Å². The monoisotopic (exact) mass is 152 g/mol. The predicted molar refractivity (Wildman–Crippen MR) is 41.1 cm³/mol. The van der Waals surface area contributed by atoms with E-state index < -0.39 is 6.03 Å². The van der Waals surface area contributed by atoms with Crippen LogP contribution in [0.5, 0.6) is 0 Å². The molecule has 0 radical (unpaired) electrons. The van der Waals surface area contributed by atoms with Gasteiger partial charge in [0, 0.05) is 6.20 Å². The van der Waals surface area contributed by atoms with Gasteiger partial charge in [0.15, 0.2) is 0 Å². The Morgan fingerprint density at radius 3 is 3.18 bits per heavy atom. The van der Waals surface area contributed by atoms with Crippen LogP contribution in [-0.2, 0) is 0 Å². The van der Waals surface area contributed by atoms with Crippen molar-refractivity contribution in [2.24, 2.45) is 10.8 Å². The van der Waals surface area contributed by atoms with E-state index in [1.807, 2.05) is 12.1 Å². The van der Waals surface area contributed by atoms with Crippen molar-refractivity contribution in [2.75, 3.05) is 0 Å². The van der Waals surface area contributed by atoms with Gasteiger partial charge in [-0.25, -0.2) is 10.2 Å². The summed E-state index contributed by atoms with van der Waals surface area (Å²) in [6.07, 6.45) is 3.22. The molecule has 5 nitrogen and oxygen atoms in total. The first kappa shape index (κ1) is 7.33. The Bertz CT molecular complexity index is 252. The van der Waals surface area contributed by atoms with Crippen molar-refractivity contribution in [3.05, 3.63) is 24.0 Å². The van der Waals surface area contributed by atoms with Crippen LogP contribution < -0.4 is 11.2 Å². The maximum atomic E-state index is 10.1. The predicted octanol–water partition coefficient (Wildman–Crippen LogP) is 0.0169. The molecule has 0 fully saturated rings. The average molecular weight is 152 g/mol. The molecule has 1 aromatic heterocycles. The van der Waals surface area contributed by atoms with Crippen LogP contribution in [0.3, 0.4) is 0 Å². The van der Waals surface area contributed by atoms with Gasteiger partial charge in [-0.15, -0.1) is 0 Å². The second kappa shape index (κ2) is 3.40. The van der Waals surface area contributed by atoms with Crippen LogP contribution in [0, 0.1) is 0 Å². The van der Waals surface area contributed by atoms with E-state index in [-0.39, 0.29) is 0 Å². The molecule has 2 amide bonds. The lowest BCUT2D eigenvalue weighted by atomic mass is 10.5. The first-order valence-corrected chi connectivity index (χ1v) is 3.01. The molecule has 0 saturated heterocycles. The number of nitrogens with zero attached hydrogens (tertiary/aromatic N) is 1. The number of hydrogen-bond donors (Lipinski definition) is 3. The van der Waals surface area contributed by atoms with Gasteiger partial charge >= 0.3 is 6.03 Å². The number of urea groups is 1. The molecule has 0 aliphatic heterocycles. The highest BCUT2D eigenvalue weighted by Gasteiger charge is 1.85. The van der Waals surface area contributed by atoms with Gasteiger partial charge in [0.05, 0.1) is 11.9 Å². The molecule has 0 aromatic carbocycles. The molecule has 4 N–H and O–H groups in total. The summed E-state index contributed by atoms with van der Waals surface area (Å²) in [5.41, 5.74) is 7.63. The number of carbonyl (C=O) groups is 1. The molecular formula is C6H8N4O. The van der Waals surface area contributed by atoms with E-state index in [1.54, 1.807) is 6.20 Å². The van der Waals surface area contributed by atoms with Gasteiger partial charge in [0.2, 0.25) is 0 Å². The van der Waals surface area contributed by atoms with Gasteiger partial charge in [-0.3, -0.25) is 0 Å². The number of hydrogen-bond acceptors (Lipinski definition) is 2. The van der Waals surface area contributed by atoms with Gasteiger partial charge in [-0.05, 0) is 12.1 Å². The second-order valence-corrected chi connectivity index (χ2v) is 1.86. The Labute approximate surface area is 63.3 Å². The molecule has 0 atom stereocenters. The fraction of sp³-hybridized carbons (Fsp3) is 0. The lowest BCUT2D eigenvalue weighted by Crippen LogP contribution is -2.24. The summed E-state index contributed by atoms with van der Waals surface area (Å²) in [4.78, 5) is 13.0. The molecule has 5 heteroatoms. The highest BCUT2D eigenvalue weighted by atomic mass is 16.2. The van der Waals surface area contributed by atoms with Gasteiger partial charge in [-0.1, -0.05) is 0 Å². The third-order valence-corrected chi connectivity index (χ3v) is 1.00. The van der Waals surface area contributed by atoms with Crippen LogP contribution in [0.25, 0.3) is 0 Å². The molecule has 0 unspecified atom stereocenters. The maximum absolute atomic E-state index is 10.1. The smallest absolute Gasteiger partial charge is 0.332 e. The third kappa shape index (κ3) is 2.53. The summed E-state index contributed by atoms with van der Waals surface area (Å²) in [6, 6.07) is 2.96. The molecule has 0 saturated carbocycles. The Hall–Kier alpha value is -1.78. The first-order chi connectivity index (χ1) is 5.29. The van der Waals surface area contributed by atoms with Crippen molar-refractivity contribution >= 4 is 12.2 Å². The van der Waals surface area contributed by atoms with E-state index in [0.717, 1.165) is 5.69 Å². The van der Waals surface area contributed by atoms with E-state index in [4.69, 9.17) is 5.73 Å². The Kier molecular flexibility index (Phi) is 2.27. The molecule has 1 aromatic rings. The molecular weight excluding hydrogens is 144 g/mol. The van der Waals surface area contributed by atoms with Crippen molar-refractivity contribution in [3.8, 4) is 0 Å². The number of aromatic amines is 1. The quantitative estimate of drug-likeness (QED) is 0.405. The fourth-order valence-corrected chi connectivity index (χ4v) is 0.590. The van der Waals surface area contributed by atoms with E-state index in [1.165, 1.54) is 6.21 Å². The van der Waals surface area contributed by atoms with Crippen molar-refractivity contribution in [2.45, 2.75) is 0 Å². The zero-order valence-electron chi connectivity index (χ0n) is 5.74. The third-order valence-electron chi connectivity index (χ3n) is 1.00. The minimum absolute atomic E-state index is 0.673. The highest BCUT2D eigenvalue weighted by molar-refractivity contribution is 5.79. The number of amides is 2. The Morgan fingerprint density at radius 1 is 1.82 bits per heavy atom. The van der Waals surface area contributed by atoms with Gasteiger partial charge < -0.3 is 10.7 Å². The largest absolute Gasteiger partial charge is 0.360 e. The summed E-state index contributed by atoms with van der Waals surface area (Å²) in [5.74, 6) is 0. The number of carbonyl (C=O) groups excluding carboxylic acids is 1. The number of nitrogens with one attached hydrogen (secondary N) is 2. The van der Waals surface area contributed by atoms with Crippen LogP contribution in [-0.4, -0.2) is 17.2 Å². The van der Waals surface area contributed by atoms with Crippen molar-refractivity contribution in [3.63, 3.8) is 0 Å². The SMILES string of the molecule is NC(=O)N/N=C\c1ccc[nH]1. The van der Waals surface area contributed by atoms with Crippen molar-refractivity contribution < 1.29 is 4.79 Å². The lowest BCUT2D eigenvalue weighted by molar-refractivity contribution is 0.249. The molecule has 0 bridgehead atoms. The summed E-state index contributed by atoms with van der Waals surface area (Å²) in [7, 11) is 0. The first-order valence-electron chi connectivity index (χ1n) is 3.01. The van der Waals surface area contributed by atoms with E-state index in [9.17, 15) is 4.79 Å². The lowest BCUT2D eigenvalue weighted by Gasteiger charge is -1.88. The number of primary amides is 1. The van der Waals surface area contributed by atoms with Gasteiger partial charge in [-0.2, -0.15) is 5.10 Å². The molecule has 11 heavy (non-hydrogen) atoms. The van der Waals surface area contributed by atoms with E-state index in [2.05, 4.69) is 15.5 Å². The van der Waals surface area contributed by atoms with Crippen LogP contribution in [0.4, 0.5) is 4.79 Å². The Balaban J connectivity index is 2.43. The molecule has 0 aliphatic carbocycles. The van der Waals surface area contributed by atoms with Gasteiger partial charge in [0.1, 0.15) is 0 Å². The Morgan fingerprint density at radius 2 is 2.64 bits per heavy atom. The molecule has 0 aliphatic rings. The molecule has 1 heterocycles. The normalized spacial score (nSPS) is 10.2. The fourth-order valence-electron chi connectivity index (χ4n) is 0.590. The van der Waals surface area contributed by atoms with Crippen LogP contribution in [0.15, 0.2) is 23.4 Å². The van der Waals surface area contributed by atoms with Crippen molar-refractivity contribution in [1.82, 2.24) is 10.4 Å². The average Bonchev–Trinajstić information content (AvgIpc) is 2.39. The van der Waals surface area contributed by atoms with E-state index in [0.29, 0.717) is 0 Å². The molecule has 0 spiro atoms. The second-order valence-electron chi connectivity index (χ2n) is 1.86. The number of aromatic nitrogens is 1. The number of rotatable bonds is 2. The summed E-state index contributed by atoms with van der Waals surface area (Å²) in [6.45, 7) is 0. The van der Waals surface area contributed by atoms with Gasteiger partial charge in [0.25, 0.3) is 0 Å². The zero-order valence-corrected chi connectivity index (χ0v) is 5.74. The van der Waals surface area contributed by atoms with Crippen LogP contribution >= 0.6 is 0 Å². The number of nitrogens with two attached hydrogens (primary N) is 1. The molecule has 1 rings (SSSR count). The minimum atomic E-state index is -0.673. The standard InChI is InChI=1S/C6H8N4O/c7-6(11)10-9-4-5-2-1-3-8-5/h1-4,8H,(H3,7,10,11)/b9-4-. The topological polar surface area (TPSA) is 83.3 Å². The van der Waals surface area contributed by atoms with Crippen LogP contribution in [0.2, 0.25) is 0 Å². The van der Waals surface area contributed by atoms with Crippen LogP contribution in [0.1, 0.15) is 5.69 Å². The zero-order chi connectivity index (χ0) is 8.10. The number of H-pyrrole nitrogens is 1. The summed E-state index contributed by atoms with van der Waals surface area (Å²) in [5, 5.41) is 3.53. The molecule has 58 valence electrons. The number of hydrazone groups is 1. The summed E-state index contributed by atoms with van der Waals surface area (Å²) < 4.78 is 0.